The van der Waals surface area contributed by atoms with Gasteiger partial charge in [-0.25, -0.2) is 4.79 Å². The molecule has 1 heterocycles. The molecule has 0 unspecified atom stereocenters. The minimum atomic E-state index is -0.709. The second-order valence-corrected chi connectivity index (χ2v) is 6.80. The number of para-hydroxylation sites is 1. The number of benzene rings is 2. The van der Waals surface area contributed by atoms with Crippen molar-refractivity contribution in [3.8, 4) is 11.5 Å². The zero-order valence-electron chi connectivity index (χ0n) is 16.9. The monoisotopic (exact) mass is 412 g/mol. The Morgan fingerprint density at radius 2 is 1.67 bits per heavy atom. The van der Waals surface area contributed by atoms with Gasteiger partial charge in [0.15, 0.2) is 0 Å². The highest BCUT2D eigenvalue weighted by molar-refractivity contribution is 5.97. The maximum atomic E-state index is 12.6. The normalized spacial score (nSPS) is 18.0. The average Bonchev–Trinajstić information content (AvgIpc) is 3.22. The van der Waals surface area contributed by atoms with E-state index in [1.807, 2.05) is 30.3 Å². The lowest BCUT2D eigenvalue weighted by Gasteiger charge is -2.22. The maximum Gasteiger partial charge on any atom is 0.328 e. The van der Waals surface area contributed by atoms with Crippen molar-refractivity contribution in [3.63, 3.8) is 0 Å². The number of nitrogens with zero attached hydrogens (tertiary/aromatic N) is 1. The third-order valence-corrected chi connectivity index (χ3v) is 4.89. The molecule has 1 aliphatic rings. The summed E-state index contributed by atoms with van der Waals surface area (Å²) >= 11 is 0. The summed E-state index contributed by atoms with van der Waals surface area (Å²) in [6.07, 6.45) is 0.122. The van der Waals surface area contributed by atoms with Gasteiger partial charge in [0.25, 0.3) is 5.91 Å². The molecule has 0 saturated carbocycles. The van der Waals surface area contributed by atoms with Gasteiger partial charge in [-0.2, -0.15) is 0 Å². The fraction of sp³-hybridized carbons (Fsp3) is 0.318. The predicted octanol–water partition coefficient (Wildman–Crippen LogP) is 2.00. The van der Waals surface area contributed by atoms with E-state index < -0.39 is 17.9 Å². The van der Waals surface area contributed by atoms with E-state index in [0.29, 0.717) is 23.5 Å². The van der Waals surface area contributed by atoms with Gasteiger partial charge in [0.05, 0.1) is 19.8 Å². The van der Waals surface area contributed by atoms with Crippen LogP contribution in [0.1, 0.15) is 16.8 Å². The Labute approximate surface area is 174 Å². The Hall–Kier alpha value is -3.39. The van der Waals surface area contributed by atoms with Gasteiger partial charge in [0.1, 0.15) is 17.5 Å². The standard InChI is InChI=1S/C22H24N2O6/c1-28-18-12-19(22(27)29-2)24(14-18)20(25)13-23-21(26)15-8-10-17(11-9-15)30-16-6-4-3-5-7-16/h3-11,18-19H,12-14H2,1-2H3,(H,23,26)/t18-,19+/m1/s1. The van der Waals surface area contributed by atoms with Gasteiger partial charge < -0.3 is 24.4 Å². The summed E-state index contributed by atoms with van der Waals surface area (Å²) in [6.45, 7) is 0.0432. The molecule has 8 nitrogen and oxygen atoms in total. The number of esters is 1. The van der Waals surface area contributed by atoms with Crippen molar-refractivity contribution in [1.29, 1.82) is 0 Å². The maximum absolute atomic E-state index is 12.6. The molecule has 158 valence electrons. The number of ether oxygens (including phenoxy) is 3. The van der Waals surface area contributed by atoms with E-state index in [-0.39, 0.29) is 25.1 Å². The number of amides is 2. The third-order valence-electron chi connectivity index (χ3n) is 4.89. The van der Waals surface area contributed by atoms with Crippen molar-refractivity contribution < 1.29 is 28.6 Å². The van der Waals surface area contributed by atoms with E-state index in [0.717, 1.165) is 0 Å². The van der Waals surface area contributed by atoms with Crippen molar-refractivity contribution in [2.24, 2.45) is 0 Å². The molecule has 30 heavy (non-hydrogen) atoms. The Bertz CT molecular complexity index is 884. The Kier molecular flexibility index (Phi) is 7.03. The van der Waals surface area contributed by atoms with Crippen molar-refractivity contribution in [3.05, 3.63) is 60.2 Å². The van der Waals surface area contributed by atoms with Crippen LogP contribution in [0.25, 0.3) is 0 Å². The van der Waals surface area contributed by atoms with Crippen molar-refractivity contribution >= 4 is 17.8 Å². The molecule has 1 saturated heterocycles. The highest BCUT2D eigenvalue weighted by Crippen LogP contribution is 2.22. The fourth-order valence-electron chi connectivity index (χ4n) is 3.26. The Balaban J connectivity index is 1.55. The first-order valence-electron chi connectivity index (χ1n) is 9.53. The lowest BCUT2D eigenvalue weighted by molar-refractivity contribution is -0.150. The first-order chi connectivity index (χ1) is 14.5. The third kappa shape index (κ3) is 5.15. The lowest BCUT2D eigenvalue weighted by Crippen LogP contribution is -2.46. The summed E-state index contributed by atoms with van der Waals surface area (Å²) < 4.78 is 15.7. The van der Waals surface area contributed by atoms with Crippen LogP contribution < -0.4 is 10.1 Å². The van der Waals surface area contributed by atoms with E-state index in [1.165, 1.54) is 19.1 Å². The number of hydrogen-bond acceptors (Lipinski definition) is 6. The quantitative estimate of drug-likeness (QED) is 0.699. The van der Waals surface area contributed by atoms with Crippen molar-refractivity contribution in [1.82, 2.24) is 10.2 Å². The lowest BCUT2D eigenvalue weighted by atomic mass is 10.2. The Morgan fingerprint density at radius 3 is 2.30 bits per heavy atom. The van der Waals surface area contributed by atoms with E-state index in [2.05, 4.69) is 5.32 Å². The second kappa shape index (κ2) is 9.89. The molecule has 1 N–H and O–H groups in total. The van der Waals surface area contributed by atoms with Gasteiger partial charge in [0.2, 0.25) is 5.91 Å². The topological polar surface area (TPSA) is 94.2 Å². The molecule has 0 spiro atoms. The summed E-state index contributed by atoms with van der Waals surface area (Å²) in [5.41, 5.74) is 0.393. The van der Waals surface area contributed by atoms with Crippen molar-refractivity contribution in [2.45, 2.75) is 18.6 Å². The summed E-state index contributed by atoms with van der Waals surface area (Å²) in [7, 11) is 2.80. The van der Waals surface area contributed by atoms with Crippen LogP contribution in [0.3, 0.4) is 0 Å². The average molecular weight is 412 g/mol. The molecule has 8 heteroatoms. The summed E-state index contributed by atoms with van der Waals surface area (Å²) in [6, 6.07) is 15.2. The SMILES string of the molecule is COC(=O)[C@@H]1C[C@@H](OC)CN1C(=O)CNC(=O)c1ccc(Oc2ccccc2)cc1. The number of methoxy groups -OCH3 is 2. The number of likely N-dealkylation sites (tertiary alicyclic amines) is 1. The molecular weight excluding hydrogens is 388 g/mol. The minimum Gasteiger partial charge on any atom is -0.467 e. The van der Waals surface area contributed by atoms with Crippen LogP contribution in [-0.4, -0.2) is 62.1 Å². The molecule has 0 aliphatic carbocycles. The highest BCUT2D eigenvalue weighted by atomic mass is 16.5. The second-order valence-electron chi connectivity index (χ2n) is 6.80. The zero-order valence-corrected chi connectivity index (χ0v) is 16.9. The van der Waals surface area contributed by atoms with Crippen LogP contribution in [0.4, 0.5) is 0 Å². The molecule has 2 aromatic rings. The van der Waals surface area contributed by atoms with E-state index in [4.69, 9.17) is 14.2 Å². The molecule has 0 radical (unpaired) electrons. The largest absolute Gasteiger partial charge is 0.467 e. The fourth-order valence-corrected chi connectivity index (χ4v) is 3.26. The van der Waals surface area contributed by atoms with Crippen LogP contribution >= 0.6 is 0 Å². The van der Waals surface area contributed by atoms with Gasteiger partial charge in [-0.15, -0.1) is 0 Å². The number of nitrogens with one attached hydrogen (secondary N) is 1. The number of rotatable bonds is 7. The van der Waals surface area contributed by atoms with Gasteiger partial charge in [-0.05, 0) is 36.4 Å². The van der Waals surface area contributed by atoms with Gasteiger partial charge in [-0.3, -0.25) is 9.59 Å². The smallest absolute Gasteiger partial charge is 0.328 e. The molecular formula is C22H24N2O6. The number of carbonyl (C=O) groups is 3. The molecule has 2 amide bonds. The molecule has 2 aromatic carbocycles. The Morgan fingerprint density at radius 1 is 1.00 bits per heavy atom. The van der Waals surface area contributed by atoms with Crippen LogP contribution in [0.15, 0.2) is 54.6 Å². The molecule has 0 bridgehead atoms. The molecule has 2 atom stereocenters. The van der Waals surface area contributed by atoms with Gasteiger partial charge in [-0.1, -0.05) is 18.2 Å². The van der Waals surface area contributed by atoms with Crippen LogP contribution in [0.2, 0.25) is 0 Å². The molecule has 3 rings (SSSR count). The zero-order chi connectivity index (χ0) is 21.5. The first-order valence-corrected chi connectivity index (χ1v) is 9.53. The van der Waals surface area contributed by atoms with E-state index in [9.17, 15) is 14.4 Å². The predicted molar refractivity (Wildman–Crippen MR) is 108 cm³/mol. The van der Waals surface area contributed by atoms with E-state index in [1.54, 1.807) is 24.3 Å². The van der Waals surface area contributed by atoms with Gasteiger partial charge in [0, 0.05) is 25.6 Å². The number of carbonyl (C=O) groups excluding carboxylic acids is 3. The van der Waals surface area contributed by atoms with Crippen LogP contribution in [-0.2, 0) is 19.1 Å². The highest BCUT2D eigenvalue weighted by Gasteiger charge is 2.40. The minimum absolute atomic E-state index is 0.231. The van der Waals surface area contributed by atoms with E-state index >= 15 is 0 Å². The summed E-state index contributed by atoms with van der Waals surface area (Å²) in [5.74, 6) is 0.0233. The van der Waals surface area contributed by atoms with Gasteiger partial charge >= 0.3 is 5.97 Å². The van der Waals surface area contributed by atoms with Crippen LogP contribution in [0.5, 0.6) is 11.5 Å². The summed E-state index contributed by atoms with van der Waals surface area (Å²) in [5, 5.41) is 2.59. The first kappa shape index (κ1) is 21.3. The molecule has 1 fully saturated rings. The summed E-state index contributed by atoms with van der Waals surface area (Å²) in [4.78, 5) is 38.3. The molecule has 0 aromatic heterocycles. The molecule has 1 aliphatic heterocycles. The van der Waals surface area contributed by atoms with Crippen molar-refractivity contribution in [2.75, 3.05) is 27.3 Å². The number of hydrogen-bond donors (Lipinski definition) is 1. The van der Waals surface area contributed by atoms with Crippen LogP contribution in [0, 0.1) is 0 Å².